The van der Waals surface area contributed by atoms with E-state index in [9.17, 15) is 10.1 Å². The number of hydrogen-bond acceptors (Lipinski definition) is 5. The van der Waals surface area contributed by atoms with E-state index < -0.39 is 4.92 Å². The van der Waals surface area contributed by atoms with Gasteiger partial charge in [0.1, 0.15) is 5.69 Å². The van der Waals surface area contributed by atoms with E-state index in [-0.39, 0.29) is 5.69 Å². The van der Waals surface area contributed by atoms with Gasteiger partial charge in [-0.2, -0.15) is 0 Å². The molecule has 0 atom stereocenters. The summed E-state index contributed by atoms with van der Waals surface area (Å²) in [4.78, 5) is 10.4. The molecule has 1 aromatic rings. The Morgan fingerprint density at radius 2 is 2.06 bits per heavy atom. The highest BCUT2D eigenvalue weighted by atomic mass is 16.6. The fourth-order valence-electron chi connectivity index (χ4n) is 1.48. The number of nitrogens with one attached hydrogen (secondary N) is 1. The number of nitro benzene ring substituents is 1. The Kier molecular flexibility index (Phi) is 6.10. The van der Waals surface area contributed by atoms with Gasteiger partial charge in [0, 0.05) is 19.7 Å². The van der Waals surface area contributed by atoms with Crippen LogP contribution < -0.4 is 5.32 Å². The first-order chi connectivity index (χ1) is 8.69. The average Bonchev–Trinajstić information content (AvgIpc) is 2.38. The molecular weight excluding hydrogens is 236 g/mol. The highest BCUT2D eigenvalue weighted by molar-refractivity contribution is 5.62. The molecule has 0 radical (unpaired) electrons. The minimum Gasteiger partial charge on any atom is -0.383 e. The van der Waals surface area contributed by atoms with Crippen molar-refractivity contribution in [3.63, 3.8) is 0 Å². The van der Waals surface area contributed by atoms with Crippen molar-refractivity contribution >= 4 is 11.4 Å². The Balaban J connectivity index is 2.56. The van der Waals surface area contributed by atoms with Crippen molar-refractivity contribution in [3.8, 4) is 0 Å². The quantitative estimate of drug-likeness (QED) is 0.437. The number of nitrogens with zero attached hydrogens (tertiary/aromatic N) is 1. The van der Waals surface area contributed by atoms with Gasteiger partial charge in [-0.3, -0.25) is 10.1 Å². The lowest BCUT2D eigenvalue weighted by molar-refractivity contribution is -0.384. The van der Waals surface area contributed by atoms with Gasteiger partial charge in [-0.15, -0.1) is 0 Å². The van der Waals surface area contributed by atoms with E-state index in [0.717, 1.165) is 5.56 Å². The number of benzene rings is 1. The van der Waals surface area contributed by atoms with E-state index in [4.69, 9.17) is 9.47 Å². The topological polar surface area (TPSA) is 73.6 Å². The van der Waals surface area contributed by atoms with Crippen molar-refractivity contribution in [2.75, 3.05) is 32.2 Å². The molecule has 0 bridgehead atoms. The van der Waals surface area contributed by atoms with Crippen LogP contribution in [-0.4, -0.2) is 31.8 Å². The third kappa shape index (κ3) is 4.31. The molecule has 1 rings (SSSR count). The minimum atomic E-state index is -0.407. The smallest absolute Gasteiger partial charge is 0.292 e. The molecule has 0 amide bonds. The van der Waals surface area contributed by atoms with Gasteiger partial charge >= 0.3 is 0 Å². The van der Waals surface area contributed by atoms with E-state index in [2.05, 4.69) is 5.32 Å². The molecule has 0 aliphatic heterocycles. The molecule has 18 heavy (non-hydrogen) atoms. The van der Waals surface area contributed by atoms with Crippen molar-refractivity contribution < 1.29 is 14.4 Å². The van der Waals surface area contributed by atoms with Crippen LogP contribution in [-0.2, 0) is 16.1 Å². The summed E-state index contributed by atoms with van der Waals surface area (Å²) in [6.07, 6.45) is 0. The minimum absolute atomic E-state index is 0.0587. The molecular formula is C12H18N2O4. The Hall–Kier alpha value is -1.66. The molecule has 0 aromatic heterocycles. The van der Waals surface area contributed by atoms with Crippen LogP contribution in [0.25, 0.3) is 0 Å². The monoisotopic (exact) mass is 254 g/mol. The molecule has 0 heterocycles. The van der Waals surface area contributed by atoms with Crippen LogP contribution in [0.4, 0.5) is 11.4 Å². The van der Waals surface area contributed by atoms with Crippen LogP contribution >= 0.6 is 0 Å². The molecule has 1 aromatic carbocycles. The standard InChI is InChI=1S/C12H18N2O4/c1-3-17-6-7-18-9-10-4-5-11(13-2)12(8-10)14(15)16/h4-5,8,13H,3,6-7,9H2,1-2H3. The average molecular weight is 254 g/mol. The first kappa shape index (κ1) is 14.4. The van der Waals surface area contributed by atoms with Crippen LogP contribution in [0.2, 0.25) is 0 Å². The molecule has 0 spiro atoms. The molecule has 0 saturated heterocycles. The maximum absolute atomic E-state index is 10.9. The zero-order valence-corrected chi connectivity index (χ0v) is 10.6. The second-order valence-electron chi connectivity index (χ2n) is 3.61. The molecule has 0 saturated carbocycles. The predicted molar refractivity (Wildman–Crippen MR) is 68.8 cm³/mol. The second kappa shape index (κ2) is 7.62. The van der Waals surface area contributed by atoms with Gasteiger partial charge in [-0.1, -0.05) is 6.07 Å². The van der Waals surface area contributed by atoms with Crippen LogP contribution in [0.1, 0.15) is 12.5 Å². The number of ether oxygens (including phenoxy) is 2. The molecule has 0 aliphatic rings. The van der Waals surface area contributed by atoms with E-state index in [1.165, 1.54) is 6.07 Å². The van der Waals surface area contributed by atoms with Crippen LogP contribution in [0.3, 0.4) is 0 Å². The normalized spacial score (nSPS) is 10.3. The molecule has 6 heteroatoms. The fraction of sp³-hybridized carbons (Fsp3) is 0.500. The van der Waals surface area contributed by atoms with E-state index in [0.29, 0.717) is 32.1 Å². The second-order valence-corrected chi connectivity index (χ2v) is 3.61. The van der Waals surface area contributed by atoms with Crippen LogP contribution in [0.5, 0.6) is 0 Å². The Morgan fingerprint density at radius 1 is 1.33 bits per heavy atom. The fourth-order valence-corrected chi connectivity index (χ4v) is 1.48. The summed E-state index contributed by atoms with van der Waals surface area (Å²) in [6, 6.07) is 5.01. The van der Waals surface area contributed by atoms with Gasteiger partial charge in [-0.05, 0) is 18.6 Å². The van der Waals surface area contributed by atoms with E-state index in [1.54, 1.807) is 19.2 Å². The number of hydrogen-bond donors (Lipinski definition) is 1. The molecule has 0 unspecified atom stereocenters. The van der Waals surface area contributed by atoms with Crippen molar-refractivity contribution in [1.82, 2.24) is 0 Å². The highest BCUT2D eigenvalue weighted by Crippen LogP contribution is 2.25. The third-order valence-electron chi connectivity index (χ3n) is 2.37. The first-order valence-electron chi connectivity index (χ1n) is 5.79. The largest absolute Gasteiger partial charge is 0.383 e. The summed E-state index contributed by atoms with van der Waals surface area (Å²) >= 11 is 0. The SMILES string of the molecule is CCOCCOCc1ccc(NC)c([N+](=O)[O-])c1. The number of nitro groups is 1. The molecule has 100 valence electrons. The summed E-state index contributed by atoms with van der Waals surface area (Å²) in [5.41, 5.74) is 1.33. The summed E-state index contributed by atoms with van der Waals surface area (Å²) < 4.78 is 10.5. The van der Waals surface area contributed by atoms with Gasteiger partial charge in [-0.25, -0.2) is 0 Å². The van der Waals surface area contributed by atoms with Gasteiger partial charge < -0.3 is 14.8 Å². The summed E-state index contributed by atoms with van der Waals surface area (Å²) in [7, 11) is 1.65. The third-order valence-corrected chi connectivity index (χ3v) is 2.37. The van der Waals surface area contributed by atoms with E-state index >= 15 is 0 Å². The highest BCUT2D eigenvalue weighted by Gasteiger charge is 2.13. The molecule has 0 aliphatic carbocycles. The van der Waals surface area contributed by atoms with Crippen LogP contribution in [0.15, 0.2) is 18.2 Å². The first-order valence-corrected chi connectivity index (χ1v) is 5.79. The van der Waals surface area contributed by atoms with Crippen molar-refractivity contribution in [2.45, 2.75) is 13.5 Å². The molecule has 0 fully saturated rings. The zero-order valence-electron chi connectivity index (χ0n) is 10.6. The van der Waals surface area contributed by atoms with E-state index in [1.807, 2.05) is 6.92 Å². The van der Waals surface area contributed by atoms with Gasteiger partial charge in [0.25, 0.3) is 5.69 Å². The van der Waals surface area contributed by atoms with Crippen LogP contribution in [0, 0.1) is 10.1 Å². The maximum atomic E-state index is 10.9. The zero-order chi connectivity index (χ0) is 13.4. The predicted octanol–water partition coefficient (Wildman–Crippen LogP) is 2.19. The summed E-state index contributed by atoms with van der Waals surface area (Å²) in [5.74, 6) is 0. The Morgan fingerprint density at radius 3 is 2.67 bits per heavy atom. The Labute approximate surface area is 106 Å². The maximum Gasteiger partial charge on any atom is 0.292 e. The summed E-state index contributed by atoms with van der Waals surface area (Å²) in [6.45, 7) is 3.94. The number of rotatable bonds is 8. The number of anilines is 1. The molecule has 6 nitrogen and oxygen atoms in total. The lowest BCUT2D eigenvalue weighted by Gasteiger charge is -2.06. The van der Waals surface area contributed by atoms with Crippen molar-refractivity contribution in [3.05, 3.63) is 33.9 Å². The van der Waals surface area contributed by atoms with Crippen molar-refractivity contribution in [1.29, 1.82) is 0 Å². The molecule has 1 N–H and O–H groups in total. The lowest BCUT2D eigenvalue weighted by atomic mass is 10.2. The van der Waals surface area contributed by atoms with Crippen molar-refractivity contribution in [2.24, 2.45) is 0 Å². The summed E-state index contributed by atoms with van der Waals surface area (Å²) in [5, 5.41) is 13.6. The lowest BCUT2D eigenvalue weighted by Crippen LogP contribution is -2.04. The van der Waals surface area contributed by atoms with Gasteiger partial charge in [0.05, 0.1) is 24.7 Å². The van der Waals surface area contributed by atoms with Gasteiger partial charge in [0.15, 0.2) is 0 Å². The van der Waals surface area contributed by atoms with Gasteiger partial charge in [0.2, 0.25) is 0 Å². The Bertz CT molecular complexity index is 396.